The Morgan fingerprint density at radius 1 is 0.971 bits per heavy atom. The van der Waals surface area contributed by atoms with Crippen LogP contribution in [0.4, 0.5) is 4.79 Å². The average molecular weight is 505 g/mol. The number of Topliss-reactive ketones (excluding diaryl/α,β-unsaturated/α-hetero) is 1. The standard InChI is InChI=1S/C25H28N2O7.ClH/c1-17-12-20(26-13-17)23(29)32-15-21(27-25(31)34-14-18-8-4-2-5-9-18)24(30)33-16-22(28)19-10-6-3-7-11-19;/h2-11,17,20-21,26H,12-16H2,1H3,(H,27,31);1H/t17-,20+,21+;/m1./s1. The monoisotopic (exact) mass is 504 g/mol. The number of esters is 2. The van der Waals surface area contributed by atoms with Crippen molar-refractivity contribution >= 4 is 36.2 Å². The van der Waals surface area contributed by atoms with Gasteiger partial charge in [-0.25, -0.2) is 9.59 Å². The first-order valence-corrected chi connectivity index (χ1v) is 11.0. The van der Waals surface area contributed by atoms with Crippen molar-refractivity contribution in [1.82, 2.24) is 10.6 Å². The molecule has 2 aromatic carbocycles. The highest BCUT2D eigenvalue weighted by Crippen LogP contribution is 2.14. The summed E-state index contributed by atoms with van der Waals surface area (Å²) in [4.78, 5) is 49.5. The maximum absolute atomic E-state index is 12.6. The molecule has 2 N–H and O–H groups in total. The quantitative estimate of drug-likeness (QED) is 0.288. The maximum Gasteiger partial charge on any atom is 0.408 e. The molecule has 1 aliphatic heterocycles. The van der Waals surface area contributed by atoms with E-state index in [-0.39, 0.29) is 19.0 Å². The van der Waals surface area contributed by atoms with Crippen LogP contribution in [-0.2, 0) is 30.4 Å². The summed E-state index contributed by atoms with van der Waals surface area (Å²) >= 11 is 0. The number of amides is 1. The summed E-state index contributed by atoms with van der Waals surface area (Å²) in [6, 6.07) is 15.5. The Kier molecular flexibility index (Phi) is 11.2. The molecule has 0 aliphatic carbocycles. The smallest absolute Gasteiger partial charge is 0.408 e. The van der Waals surface area contributed by atoms with E-state index in [0.29, 0.717) is 24.4 Å². The normalized spacial score (nSPS) is 17.4. The first-order chi connectivity index (χ1) is 16.4. The van der Waals surface area contributed by atoms with Crippen molar-refractivity contribution in [3.05, 3.63) is 71.8 Å². The van der Waals surface area contributed by atoms with Gasteiger partial charge in [0.1, 0.15) is 19.3 Å². The number of halogens is 1. The van der Waals surface area contributed by atoms with Crippen LogP contribution in [0.25, 0.3) is 0 Å². The lowest BCUT2D eigenvalue weighted by Gasteiger charge is -2.19. The molecule has 0 aromatic heterocycles. The molecular weight excluding hydrogens is 476 g/mol. The number of benzene rings is 2. The molecule has 0 saturated carbocycles. The number of hydrogen-bond acceptors (Lipinski definition) is 8. The van der Waals surface area contributed by atoms with Crippen molar-refractivity contribution in [1.29, 1.82) is 0 Å². The van der Waals surface area contributed by atoms with Crippen molar-refractivity contribution in [2.75, 3.05) is 19.8 Å². The first kappa shape index (κ1) is 27.8. The summed E-state index contributed by atoms with van der Waals surface area (Å²) in [6.07, 6.45) is -0.268. The van der Waals surface area contributed by atoms with Crippen LogP contribution in [0.2, 0.25) is 0 Å². The molecule has 0 unspecified atom stereocenters. The van der Waals surface area contributed by atoms with E-state index in [1.54, 1.807) is 54.6 Å². The van der Waals surface area contributed by atoms with Crippen molar-refractivity contribution in [2.24, 2.45) is 5.92 Å². The summed E-state index contributed by atoms with van der Waals surface area (Å²) in [5.41, 5.74) is 1.15. The molecule has 1 heterocycles. The van der Waals surface area contributed by atoms with Crippen LogP contribution in [0.1, 0.15) is 29.3 Å². The van der Waals surface area contributed by atoms with E-state index in [2.05, 4.69) is 10.6 Å². The summed E-state index contributed by atoms with van der Waals surface area (Å²) in [6.45, 7) is 1.72. The number of ether oxygens (including phenoxy) is 3. The Hall–Kier alpha value is -3.43. The molecule has 0 radical (unpaired) electrons. The molecule has 2 aromatic rings. The van der Waals surface area contributed by atoms with E-state index in [1.165, 1.54) is 0 Å². The second kappa shape index (κ2) is 14.1. The van der Waals surface area contributed by atoms with Gasteiger partial charge >= 0.3 is 18.0 Å². The van der Waals surface area contributed by atoms with Crippen LogP contribution < -0.4 is 10.6 Å². The molecular formula is C25H29ClN2O7. The molecule has 3 atom stereocenters. The van der Waals surface area contributed by atoms with E-state index < -0.39 is 49.1 Å². The highest BCUT2D eigenvalue weighted by molar-refractivity contribution is 5.98. The van der Waals surface area contributed by atoms with Gasteiger partial charge in [-0.1, -0.05) is 67.6 Å². The van der Waals surface area contributed by atoms with Crippen LogP contribution >= 0.6 is 12.4 Å². The Morgan fingerprint density at radius 2 is 1.63 bits per heavy atom. The lowest BCUT2D eigenvalue weighted by atomic mass is 10.1. The first-order valence-electron chi connectivity index (χ1n) is 11.0. The predicted molar refractivity (Wildman–Crippen MR) is 129 cm³/mol. The number of rotatable bonds is 10. The molecule has 1 fully saturated rings. The summed E-state index contributed by atoms with van der Waals surface area (Å²) in [5, 5.41) is 5.41. The number of carbonyl (C=O) groups is 4. The Balaban J connectivity index is 0.00000432. The van der Waals surface area contributed by atoms with Gasteiger partial charge in [0.2, 0.25) is 0 Å². The topological polar surface area (TPSA) is 120 Å². The third-order valence-electron chi connectivity index (χ3n) is 5.26. The average Bonchev–Trinajstić information content (AvgIpc) is 3.31. The molecule has 9 nitrogen and oxygen atoms in total. The maximum atomic E-state index is 12.6. The lowest BCUT2D eigenvalue weighted by molar-refractivity contribution is -0.152. The number of alkyl carbamates (subject to hydrolysis) is 1. The second-order valence-corrected chi connectivity index (χ2v) is 8.09. The molecule has 10 heteroatoms. The van der Waals surface area contributed by atoms with Crippen molar-refractivity contribution in [2.45, 2.75) is 32.0 Å². The van der Waals surface area contributed by atoms with E-state index >= 15 is 0 Å². The molecule has 188 valence electrons. The Bertz CT molecular complexity index is 988. The fourth-order valence-corrected chi connectivity index (χ4v) is 3.38. The molecule has 3 rings (SSSR count). The number of hydrogen-bond donors (Lipinski definition) is 2. The van der Waals surface area contributed by atoms with Gasteiger partial charge in [-0.05, 0) is 24.4 Å². The van der Waals surface area contributed by atoms with Gasteiger partial charge in [-0.15, -0.1) is 12.4 Å². The van der Waals surface area contributed by atoms with Crippen molar-refractivity contribution in [3.8, 4) is 0 Å². The van der Waals surface area contributed by atoms with E-state index in [1.807, 2.05) is 13.0 Å². The molecule has 35 heavy (non-hydrogen) atoms. The third kappa shape index (κ3) is 9.03. The fourth-order valence-electron chi connectivity index (χ4n) is 3.38. The zero-order valence-corrected chi connectivity index (χ0v) is 20.1. The van der Waals surface area contributed by atoms with Crippen LogP contribution in [0.5, 0.6) is 0 Å². The summed E-state index contributed by atoms with van der Waals surface area (Å²) < 4.78 is 15.5. The lowest BCUT2D eigenvalue weighted by Crippen LogP contribution is -2.47. The number of ketones is 1. The van der Waals surface area contributed by atoms with Gasteiger partial charge in [-0.2, -0.15) is 0 Å². The molecule has 1 saturated heterocycles. The third-order valence-corrected chi connectivity index (χ3v) is 5.26. The van der Waals surface area contributed by atoms with E-state index in [0.717, 1.165) is 5.56 Å². The van der Waals surface area contributed by atoms with Gasteiger partial charge in [0.15, 0.2) is 18.4 Å². The number of nitrogens with one attached hydrogen (secondary N) is 2. The minimum Gasteiger partial charge on any atom is -0.462 e. The SMILES string of the molecule is C[C@H]1CN[C@H](C(=O)OC[C@H](NC(=O)OCc2ccccc2)C(=O)OCC(=O)c2ccccc2)C1.Cl. The highest BCUT2D eigenvalue weighted by atomic mass is 35.5. The van der Waals surface area contributed by atoms with Gasteiger partial charge < -0.3 is 24.8 Å². The largest absolute Gasteiger partial charge is 0.462 e. The Morgan fingerprint density at radius 3 is 2.26 bits per heavy atom. The van der Waals surface area contributed by atoms with Crippen LogP contribution in [0, 0.1) is 5.92 Å². The van der Waals surface area contributed by atoms with Crippen LogP contribution in [0.3, 0.4) is 0 Å². The summed E-state index contributed by atoms with van der Waals surface area (Å²) in [5.74, 6) is -1.52. The van der Waals surface area contributed by atoms with E-state index in [9.17, 15) is 19.2 Å². The van der Waals surface area contributed by atoms with Gasteiger partial charge in [0, 0.05) is 5.56 Å². The van der Waals surface area contributed by atoms with Crippen LogP contribution in [0.15, 0.2) is 60.7 Å². The van der Waals surface area contributed by atoms with E-state index in [4.69, 9.17) is 14.2 Å². The summed E-state index contributed by atoms with van der Waals surface area (Å²) in [7, 11) is 0. The van der Waals surface area contributed by atoms with Gasteiger partial charge in [0.05, 0.1) is 0 Å². The molecule has 1 aliphatic rings. The second-order valence-electron chi connectivity index (χ2n) is 8.09. The van der Waals surface area contributed by atoms with Crippen molar-refractivity contribution < 1.29 is 33.4 Å². The fraction of sp³-hybridized carbons (Fsp3) is 0.360. The molecule has 1 amide bonds. The van der Waals surface area contributed by atoms with Gasteiger partial charge in [-0.3, -0.25) is 9.59 Å². The van der Waals surface area contributed by atoms with Gasteiger partial charge in [0.25, 0.3) is 0 Å². The van der Waals surface area contributed by atoms with Crippen LogP contribution in [-0.4, -0.2) is 55.7 Å². The molecule has 0 spiro atoms. The Labute approximate surface area is 209 Å². The zero-order valence-electron chi connectivity index (χ0n) is 19.3. The minimum absolute atomic E-state index is 0. The minimum atomic E-state index is -1.34. The van der Waals surface area contributed by atoms with Crippen molar-refractivity contribution in [3.63, 3.8) is 0 Å². The molecule has 0 bridgehead atoms. The highest BCUT2D eigenvalue weighted by Gasteiger charge is 2.31. The zero-order chi connectivity index (χ0) is 24.3. The predicted octanol–water partition coefficient (Wildman–Crippen LogP) is 2.67. The number of carbonyl (C=O) groups excluding carboxylic acids is 4.